The SMILES string of the molecule is CCN(CC)Cc1ccc(C(=N)c2cccc(OC(=O)C(C)C)c2O)cc1. The second-order valence-corrected chi connectivity index (χ2v) is 6.76. The molecule has 0 amide bonds. The molecule has 27 heavy (non-hydrogen) atoms. The van der Waals surface area contributed by atoms with Crippen molar-refractivity contribution in [3.8, 4) is 11.5 Å². The summed E-state index contributed by atoms with van der Waals surface area (Å²) in [5, 5.41) is 18.9. The standard InChI is InChI=1S/C22H28N2O3/c1-5-24(6-2)14-16-10-12-17(13-11-16)20(23)18-8-7-9-19(21(18)25)27-22(26)15(3)4/h7-13,15,23,25H,5-6,14H2,1-4H3. The molecule has 0 saturated heterocycles. The highest BCUT2D eigenvalue weighted by Gasteiger charge is 2.17. The van der Waals surface area contributed by atoms with Gasteiger partial charge in [0.05, 0.1) is 11.6 Å². The molecule has 0 aliphatic rings. The summed E-state index contributed by atoms with van der Waals surface area (Å²) in [6.45, 7) is 10.6. The summed E-state index contributed by atoms with van der Waals surface area (Å²) < 4.78 is 5.23. The Morgan fingerprint density at radius 3 is 2.30 bits per heavy atom. The number of phenols is 1. The van der Waals surface area contributed by atoms with Crippen molar-refractivity contribution in [2.45, 2.75) is 34.2 Å². The molecule has 2 aromatic rings. The van der Waals surface area contributed by atoms with Gasteiger partial charge in [0.15, 0.2) is 11.5 Å². The van der Waals surface area contributed by atoms with Crippen LogP contribution in [0.5, 0.6) is 11.5 Å². The lowest BCUT2D eigenvalue weighted by atomic mass is 10.00. The number of carbonyl (C=O) groups is 1. The van der Waals surface area contributed by atoms with Crippen molar-refractivity contribution < 1.29 is 14.6 Å². The van der Waals surface area contributed by atoms with E-state index in [1.807, 2.05) is 24.3 Å². The van der Waals surface area contributed by atoms with Crippen LogP contribution in [0.15, 0.2) is 42.5 Å². The molecular formula is C22H28N2O3. The van der Waals surface area contributed by atoms with E-state index < -0.39 is 5.97 Å². The second-order valence-electron chi connectivity index (χ2n) is 6.76. The summed E-state index contributed by atoms with van der Waals surface area (Å²) in [6.07, 6.45) is 0. The lowest BCUT2D eigenvalue weighted by Gasteiger charge is -2.18. The van der Waals surface area contributed by atoms with Gasteiger partial charge < -0.3 is 9.84 Å². The topological polar surface area (TPSA) is 73.6 Å². The zero-order chi connectivity index (χ0) is 20.0. The Labute approximate surface area is 161 Å². The normalized spacial score (nSPS) is 11.0. The molecule has 0 saturated carbocycles. The molecule has 0 spiro atoms. The average molecular weight is 368 g/mol. The van der Waals surface area contributed by atoms with Crippen LogP contribution in [0.25, 0.3) is 0 Å². The molecule has 5 nitrogen and oxygen atoms in total. The maximum Gasteiger partial charge on any atom is 0.313 e. The first kappa shape index (κ1) is 20.6. The molecule has 0 unspecified atom stereocenters. The highest BCUT2D eigenvalue weighted by atomic mass is 16.5. The van der Waals surface area contributed by atoms with Crippen LogP contribution >= 0.6 is 0 Å². The van der Waals surface area contributed by atoms with Gasteiger partial charge in [-0.25, -0.2) is 0 Å². The van der Waals surface area contributed by atoms with Crippen molar-refractivity contribution in [2.75, 3.05) is 13.1 Å². The minimum atomic E-state index is -0.422. The highest BCUT2D eigenvalue weighted by molar-refractivity contribution is 6.12. The van der Waals surface area contributed by atoms with Crippen LogP contribution in [0.1, 0.15) is 44.4 Å². The summed E-state index contributed by atoms with van der Waals surface area (Å²) in [6, 6.07) is 12.6. The molecule has 0 aromatic heterocycles. The van der Waals surface area contributed by atoms with Gasteiger partial charge in [-0.15, -0.1) is 0 Å². The van der Waals surface area contributed by atoms with Crippen molar-refractivity contribution in [3.63, 3.8) is 0 Å². The van der Waals surface area contributed by atoms with Crippen LogP contribution in [-0.4, -0.2) is 34.8 Å². The number of hydrogen-bond donors (Lipinski definition) is 2. The van der Waals surface area contributed by atoms with Gasteiger partial charge in [0.1, 0.15) is 0 Å². The molecular weight excluding hydrogens is 340 g/mol. The molecule has 0 aliphatic heterocycles. The minimum Gasteiger partial charge on any atom is -0.504 e. The van der Waals surface area contributed by atoms with Crippen molar-refractivity contribution >= 4 is 11.7 Å². The molecule has 2 rings (SSSR count). The van der Waals surface area contributed by atoms with E-state index in [0.717, 1.165) is 19.6 Å². The number of phenolic OH excluding ortho intramolecular Hbond substituents is 1. The van der Waals surface area contributed by atoms with Crippen LogP contribution in [0.4, 0.5) is 0 Å². The number of nitrogens with zero attached hydrogens (tertiary/aromatic N) is 1. The Hall–Kier alpha value is -2.66. The summed E-state index contributed by atoms with van der Waals surface area (Å²) >= 11 is 0. The fraction of sp³-hybridized carbons (Fsp3) is 0.364. The zero-order valence-electron chi connectivity index (χ0n) is 16.5. The molecule has 0 aliphatic carbocycles. The smallest absolute Gasteiger partial charge is 0.313 e. The van der Waals surface area contributed by atoms with Crippen LogP contribution in [0.3, 0.4) is 0 Å². The van der Waals surface area contributed by atoms with E-state index in [1.54, 1.807) is 26.0 Å². The summed E-state index contributed by atoms with van der Waals surface area (Å²) in [5.41, 5.74) is 2.39. The predicted octanol–water partition coefficient (Wildman–Crippen LogP) is 4.21. The van der Waals surface area contributed by atoms with E-state index >= 15 is 0 Å². The van der Waals surface area contributed by atoms with Gasteiger partial charge in [-0.3, -0.25) is 15.1 Å². The zero-order valence-corrected chi connectivity index (χ0v) is 16.5. The number of nitrogens with one attached hydrogen (secondary N) is 1. The van der Waals surface area contributed by atoms with Crippen molar-refractivity contribution in [1.29, 1.82) is 5.41 Å². The van der Waals surface area contributed by atoms with Crippen LogP contribution in [0.2, 0.25) is 0 Å². The number of carbonyl (C=O) groups excluding carboxylic acids is 1. The third-order valence-electron chi connectivity index (χ3n) is 4.49. The Kier molecular flexibility index (Phi) is 7.13. The second kappa shape index (κ2) is 9.33. The maximum atomic E-state index is 11.8. The lowest BCUT2D eigenvalue weighted by molar-refractivity contribution is -0.137. The van der Waals surface area contributed by atoms with Crippen LogP contribution in [-0.2, 0) is 11.3 Å². The van der Waals surface area contributed by atoms with E-state index in [1.165, 1.54) is 11.6 Å². The number of benzene rings is 2. The Balaban J connectivity index is 2.21. The van der Waals surface area contributed by atoms with E-state index in [9.17, 15) is 9.90 Å². The molecule has 0 fully saturated rings. The van der Waals surface area contributed by atoms with Gasteiger partial charge in [-0.1, -0.05) is 58.0 Å². The monoisotopic (exact) mass is 368 g/mol. The number of ether oxygens (including phenoxy) is 1. The van der Waals surface area contributed by atoms with E-state index in [4.69, 9.17) is 10.1 Å². The van der Waals surface area contributed by atoms with Crippen molar-refractivity contribution in [1.82, 2.24) is 4.90 Å². The van der Waals surface area contributed by atoms with E-state index in [-0.39, 0.29) is 23.1 Å². The molecule has 0 atom stereocenters. The number of esters is 1. The van der Waals surface area contributed by atoms with Gasteiger partial charge in [0, 0.05) is 17.7 Å². The Bertz CT molecular complexity index is 794. The van der Waals surface area contributed by atoms with Gasteiger partial charge in [0.2, 0.25) is 0 Å². The van der Waals surface area contributed by atoms with Crippen molar-refractivity contribution in [3.05, 3.63) is 59.2 Å². The lowest BCUT2D eigenvalue weighted by Crippen LogP contribution is -2.22. The first-order valence-electron chi connectivity index (χ1n) is 9.31. The summed E-state index contributed by atoms with van der Waals surface area (Å²) in [7, 11) is 0. The predicted molar refractivity (Wildman–Crippen MR) is 108 cm³/mol. The Morgan fingerprint density at radius 1 is 1.11 bits per heavy atom. The third-order valence-corrected chi connectivity index (χ3v) is 4.49. The largest absolute Gasteiger partial charge is 0.504 e. The van der Waals surface area contributed by atoms with Crippen LogP contribution < -0.4 is 4.74 Å². The molecule has 2 aromatic carbocycles. The molecule has 2 N–H and O–H groups in total. The van der Waals surface area contributed by atoms with Gasteiger partial charge in [-0.05, 0) is 30.8 Å². The number of rotatable bonds is 8. The van der Waals surface area contributed by atoms with Gasteiger partial charge >= 0.3 is 5.97 Å². The molecule has 0 radical (unpaired) electrons. The first-order chi connectivity index (χ1) is 12.9. The third kappa shape index (κ3) is 5.17. The molecule has 0 bridgehead atoms. The Morgan fingerprint density at radius 2 is 1.74 bits per heavy atom. The summed E-state index contributed by atoms with van der Waals surface area (Å²) in [4.78, 5) is 14.1. The first-order valence-corrected chi connectivity index (χ1v) is 9.31. The fourth-order valence-corrected chi connectivity index (χ4v) is 2.67. The number of para-hydroxylation sites is 1. The summed E-state index contributed by atoms with van der Waals surface area (Å²) in [5.74, 6) is -0.835. The number of hydrogen-bond acceptors (Lipinski definition) is 5. The average Bonchev–Trinajstić information content (AvgIpc) is 2.67. The molecule has 0 heterocycles. The van der Waals surface area contributed by atoms with E-state index in [2.05, 4.69) is 18.7 Å². The van der Waals surface area contributed by atoms with Gasteiger partial charge in [-0.2, -0.15) is 0 Å². The molecule has 5 heteroatoms. The van der Waals surface area contributed by atoms with Crippen LogP contribution in [0, 0.1) is 11.3 Å². The molecule has 144 valence electrons. The fourth-order valence-electron chi connectivity index (χ4n) is 2.67. The van der Waals surface area contributed by atoms with Gasteiger partial charge in [0.25, 0.3) is 0 Å². The number of aromatic hydroxyl groups is 1. The quantitative estimate of drug-likeness (QED) is 0.416. The van der Waals surface area contributed by atoms with Crippen molar-refractivity contribution in [2.24, 2.45) is 5.92 Å². The highest BCUT2D eigenvalue weighted by Crippen LogP contribution is 2.32. The maximum absolute atomic E-state index is 11.8. The minimum absolute atomic E-state index is 0.0779. The van der Waals surface area contributed by atoms with E-state index in [0.29, 0.717) is 11.1 Å².